The number of carbonyl (C=O) groups is 5. The van der Waals surface area contributed by atoms with Gasteiger partial charge < -0.3 is 26.0 Å². The molecule has 3 rings (SSSR count). The summed E-state index contributed by atoms with van der Waals surface area (Å²) in [4.78, 5) is 67.4. The first kappa shape index (κ1) is 31.5. The third kappa shape index (κ3) is 9.82. The summed E-state index contributed by atoms with van der Waals surface area (Å²) in [7, 11) is 0. The lowest BCUT2D eigenvalue weighted by molar-refractivity contribution is -0.145. The van der Waals surface area contributed by atoms with Crippen molar-refractivity contribution in [2.75, 3.05) is 26.3 Å². The lowest BCUT2D eigenvalue weighted by atomic mass is 9.85. The normalized spacial score (nSPS) is 15.4. The van der Waals surface area contributed by atoms with Gasteiger partial charge in [0.25, 0.3) is 5.91 Å². The van der Waals surface area contributed by atoms with Crippen molar-refractivity contribution in [3.05, 3.63) is 71.8 Å². The minimum Gasteiger partial charge on any atom is -0.378 e. The molecule has 220 valence electrons. The minimum absolute atomic E-state index is 0.0257. The van der Waals surface area contributed by atoms with Crippen LogP contribution in [-0.2, 0) is 36.8 Å². The van der Waals surface area contributed by atoms with Crippen LogP contribution in [0.4, 0.5) is 4.79 Å². The molecular weight excluding hydrogens is 524 g/mol. The van der Waals surface area contributed by atoms with Gasteiger partial charge in [0.1, 0.15) is 6.04 Å². The first-order chi connectivity index (χ1) is 19.7. The molecular formula is C31H40N4O6. The number of morpholine rings is 1. The Kier molecular flexibility index (Phi) is 12.0. The van der Waals surface area contributed by atoms with Crippen LogP contribution in [0.1, 0.15) is 37.8 Å². The van der Waals surface area contributed by atoms with Crippen molar-refractivity contribution >= 4 is 29.4 Å². The van der Waals surface area contributed by atoms with Gasteiger partial charge in [0.05, 0.1) is 25.2 Å². The zero-order chi connectivity index (χ0) is 29.8. The van der Waals surface area contributed by atoms with E-state index >= 15 is 0 Å². The van der Waals surface area contributed by atoms with E-state index in [1.807, 2.05) is 50.2 Å². The Morgan fingerprint density at radius 2 is 1.44 bits per heavy atom. The highest BCUT2D eigenvalue weighted by atomic mass is 16.5. The standard InChI is InChI=1S/C31H40N4O6/c1-21(2)19-25(34-31(40)35-15-17-41-18-16-35)27(36)24(14-13-22-9-5-3-6-10-22)28(37)30(39)33-26(29(32)38)20-23-11-7-4-8-12-23/h3-12,21,24-26H,13-20H2,1-2H3,(H2,32,38)(H,33,39)(H,34,40). The fourth-order valence-electron chi connectivity index (χ4n) is 4.79. The molecule has 3 atom stereocenters. The number of hydrogen-bond acceptors (Lipinski definition) is 6. The van der Waals surface area contributed by atoms with E-state index in [0.717, 1.165) is 11.1 Å². The van der Waals surface area contributed by atoms with Crippen LogP contribution in [0.5, 0.6) is 0 Å². The van der Waals surface area contributed by atoms with Gasteiger partial charge in [-0.3, -0.25) is 19.2 Å². The molecule has 2 aromatic carbocycles. The van der Waals surface area contributed by atoms with Crippen molar-refractivity contribution in [2.45, 2.75) is 51.6 Å². The molecule has 1 saturated heterocycles. The number of urea groups is 1. The molecule has 0 saturated carbocycles. The number of primary amides is 1. The molecule has 1 aliphatic rings. The summed E-state index contributed by atoms with van der Waals surface area (Å²) < 4.78 is 5.31. The highest BCUT2D eigenvalue weighted by molar-refractivity contribution is 6.41. The molecule has 1 aliphatic heterocycles. The van der Waals surface area contributed by atoms with Crippen LogP contribution in [0.25, 0.3) is 0 Å². The summed E-state index contributed by atoms with van der Waals surface area (Å²) in [5.74, 6) is -4.64. The number of ether oxygens (including phenoxy) is 1. The van der Waals surface area contributed by atoms with Crippen molar-refractivity contribution < 1.29 is 28.7 Å². The number of nitrogens with two attached hydrogens (primary N) is 1. The van der Waals surface area contributed by atoms with Crippen molar-refractivity contribution in [3.63, 3.8) is 0 Å². The molecule has 1 fully saturated rings. The van der Waals surface area contributed by atoms with Gasteiger partial charge in [-0.1, -0.05) is 74.5 Å². The van der Waals surface area contributed by atoms with Crippen LogP contribution in [0, 0.1) is 11.8 Å². The predicted octanol–water partition coefficient (Wildman–Crippen LogP) is 2.04. The molecule has 41 heavy (non-hydrogen) atoms. The molecule has 0 spiro atoms. The van der Waals surface area contributed by atoms with E-state index in [0.29, 0.717) is 39.1 Å². The molecule has 10 heteroatoms. The smallest absolute Gasteiger partial charge is 0.318 e. The van der Waals surface area contributed by atoms with Crippen molar-refractivity contribution in [1.82, 2.24) is 15.5 Å². The van der Waals surface area contributed by atoms with E-state index in [2.05, 4.69) is 10.6 Å². The summed E-state index contributed by atoms with van der Waals surface area (Å²) in [6.45, 7) is 5.41. The van der Waals surface area contributed by atoms with Crippen molar-refractivity contribution in [3.8, 4) is 0 Å². The Hall–Kier alpha value is -4.05. The van der Waals surface area contributed by atoms with Crippen LogP contribution in [-0.4, -0.2) is 72.7 Å². The fraction of sp³-hybridized carbons (Fsp3) is 0.452. The molecule has 0 radical (unpaired) electrons. The first-order valence-electron chi connectivity index (χ1n) is 14.0. The van der Waals surface area contributed by atoms with E-state index < -0.39 is 47.4 Å². The second-order valence-corrected chi connectivity index (χ2v) is 10.7. The predicted molar refractivity (Wildman–Crippen MR) is 154 cm³/mol. The Balaban J connectivity index is 1.81. The third-order valence-electron chi connectivity index (χ3n) is 7.03. The number of hydrogen-bond donors (Lipinski definition) is 3. The van der Waals surface area contributed by atoms with Gasteiger partial charge in [-0.05, 0) is 36.3 Å². The van der Waals surface area contributed by atoms with E-state index in [4.69, 9.17) is 10.5 Å². The SMILES string of the molecule is CC(C)CC(NC(=O)N1CCOCC1)C(=O)C(CCc1ccccc1)C(=O)C(=O)NC(Cc1ccccc1)C(N)=O. The summed E-state index contributed by atoms with van der Waals surface area (Å²) in [5.41, 5.74) is 7.19. The molecule has 2 aromatic rings. The summed E-state index contributed by atoms with van der Waals surface area (Å²) >= 11 is 0. The molecule has 0 aromatic heterocycles. The van der Waals surface area contributed by atoms with Gasteiger partial charge in [0.15, 0.2) is 5.78 Å². The number of amides is 4. The van der Waals surface area contributed by atoms with Gasteiger partial charge in [-0.2, -0.15) is 0 Å². The van der Waals surface area contributed by atoms with Gasteiger partial charge in [0.2, 0.25) is 11.7 Å². The zero-order valence-corrected chi connectivity index (χ0v) is 23.7. The van der Waals surface area contributed by atoms with Gasteiger partial charge in [-0.15, -0.1) is 0 Å². The number of rotatable bonds is 14. The van der Waals surface area contributed by atoms with E-state index in [1.54, 1.807) is 29.2 Å². The maximum atomic E-state index is 13.9. The number of ketones is 2. The van der Waals surface area contributed by atoms with Crippen molar-refractivity contribution in [2.24, 2.45) is 17.6 Å². The Labute approximate surface area is 241 Å². The Bertz CT molecular complexity index is 1180. The van der Waals surface area contributed by atoms with Crippen LogP contribution in [0.2, 0.25) is 0 Å². The molecule has 0 bridgehead atoms. The minimum atomic E-state index is -1.32. The summed E-state index contributed by atoms with van der Waals surface area (Å²) in [5, 5.41) is 5.25. The Morgan fingerprint density at radius 3 is 2.00 bits per heavy atom. The van der Waals surface area contributed by atoms with E-state index in [9.17, 15) is 24.0 Å². The molecule has 0 aliphatic carbocycles. The maximum absolute atomic E-state index is 13.9. The van der Waals surface area contributed by atoms with E-state index in [1.165, 1.54) is 0 Å². The fourth-order valence-corrected chi connectivity index (χ4v) is 4.79. The van der Waals surface area contributed by atoms with E-state index in [-0.39, 0.29) is 18.8 Å². The molecule has 4 N–H and O–H groups in total. The number of aryl methyl sites for hydroxylation is 1. The van der Waals surface area contributed by atoms with Crippen LogP contribution in [0.3, 0.4) is 0 Å². The second kappa shape index (κ2) is 15.7. The second-order valence-electron chi connectivity index (χ2n) is 10.7. The highest BCUT2D eigenvalue weighted by Gasteiger charge is 2.38. The lowest BCUT2D eigenvalue weighted by Gasteiger charge is -2.30. The molecule has 1 heterocycles. The summed E-state index contributed by atoms with van der Waals surface area (Å²) in [6, 6.07) is 15.8. The van der Waals surface area contributed by atoms with Gasteiger partial charge in [-0.25, -0.2) is 4.79 Å². The monoisotopic (exact) mass is 564 g/mol. The topological polar surface area (TPSA) is 148 Å². The average molecular weight is 565 g/mol. The summed E-state index contributed by atoms with van der Waals surface area (Å²) in [6.07, 6.45) is 0.829. The quantitative estimate of drug-likeness (QED) is 0.236. The number of benzene rings is 2. The average Bonchev–Trinajstić information content (AvgIpc) is 2.97. The first-order valence-corrected chi connectivity index (χ1v) is 14.0. The van der Waals surface area contributed by atoms with Crippen LogP contribution < -0.4 is 16.4 Å². The lowest BCUT2D eigenvalue weighted by Crippen LogP contribution is -2.55. The van der Waals surface area contributed by atoms with Crippen LogP contribution >= 0.6 is 0 Å². The highest BCUT2D eigenvalue weighted by Crippen LogP contribution is 2.19. The third-order valence-corrected chi connectivity index (χ3v) is 7.03. The zero-order valence-electron chi connectivity index (χ0n) is 23.7. The number of Topliss-reactive ketones (excluding diaryl/α,β-unsaturated/α-hetero) is 2. The maximum Gasteiger partial charge on any atom is 0.318 e. The number of carbonyl (C=O) groups excluding carboxylic acids is 5. The Morgan fingerprint density at radius 1 is 0.854 bits per heavy atom. The van der Waals surface area contributed by atoms with Crippen molar-refractivity contribution in [1.29, 1.82) is 0 Å². The number of nitrogens with one attached hydrogen (secondary N) is 2. The number of nitrogens with zero attached hydrogens (tertiary/aromatic N) is 1. The molecule has 3 unspecified atom stereocenters. The van der Waals surface area contributed by atoms with Crippen LogP contribution in [0.15, 0.2) is 60.7 Å². The van der Waals surface area contributed by atoms with Gasteiger partial charge >= 0.3 is 6.03 Å². The largest absolute Gasteiger partial charge is 0.378 e. The van der Waals surface area contributed by atoms with Gasteiger partial charge in [0, 0.05) is 19.5 Å². The molecule has 4 amide bonds. The molecule has 10 nitrogen and oxygen atoms in total.